The summed E-state index contributed by atoms with van der Waals surface area (Å²) in [6.07, 6.45) is 0.128. The number of esters is 2. The number of anilines is 1. The van der Waals surface area contributed by atoms with Gasteiger partial charge in [-0.25, -0.2) is 14.6 Å². The largest absolute Gasteiger partial charge is 0.497 e. The highest BCUT2D eigenvalue weighted by molar-refractivity contribution is 8.00. The molecule has 1 fully saturated rings. The Balaban J connectivity index is 1.25. The van der Waals surface area contributed by atoms with E-state index in [0.717, 1.165) is 16.7 Å². The Kier molecular flexibility index (Phi) is 13.8. The average molecular weight is 923 g/mol. The number of hydrogen-bond donors (Lipinski definition) is 2. The van der Waals surface area contributed by atoms with Crippen LogP contribution in [0.4, 0.5) is 5.13 Å². The second kappa shape index (κ2) is 19.3. The molecule has 1 unspecified atom stereocenters. The number of thiazole rings is 1. The molecule has 2 aliphatic heterocycles. The molecule has 2 amide bonds. The van der Waals surface area contributed by atoms with Gasteiger partial charge in [0.15, 0.2) is 10.8 Å². The van der Waals surface area contributed by atoms with Gasteiger partial charge in [0, 0.05) is 16.8 Å². The van der Waals surface area contributed by atoms with E-state index in [2.05, 4.69) is 15.8 Å². The minimum absolute atomic E-state index is 0.0335. The number of β-lactam (4-membered cyclic amide) rings is 1. The summed E-state index contributed by atoms with van der Waals surface area (Å²) in [6.45, 7) is 8.09. The molecule has 0 radical (unpaired) electrons. The summed E-state index contributed by atoms with van der Waals surface area (Å²) >= 11 is 9.04. The quantitative estimate of drug-likeness (QED) is 0.0245. The lowest BCUT2D eigenvalue weighted by Crippen LogP contribution is -2.58. The molecule has 0 saturated carbocycles. The maximum atomic E-state index is 14.7. The Morgan fingerprint density at radius 2 is 1.44 bits per heavy atom. The van der Waals surface area contributed by atoms with Crippen LogP contribution in [0.5, 0.6) is 5.75 Å². The first kappa shape index (κ1) is 45.9. The van der Waals surface area contributed by atoms with E-state index in [0.29, 0.717) is 16.4 Å². The molecular formula is C48H48ClN5O8S2. The summed E-state index contributed by atoms with van der Waals surface area (Å²) in [5.41, 5.74) is 0.215. The Morgan fingerprint density at radius 1 is 0.859 bits per heavy atom. The van der Waals surface area contributed by atoms with Gasteiger partial charge in [0.25, 0.3) is 5.91 Å². The monoisotopic (exact) mass is 921 g/mol. The number of methoxy groups -OCH3 is 1. The van der Waals surface area contributed by atoms with Gasteiger partial charge in [-0.15, -0.1) is 34.7 Å². The van der Waals surface area contributed by atoms with Crippen molar-refractivity contribution in [1.29, 1.82) is 0 Å². The van der Waals surface area contributed by atoms with Crippen molar-refractivity contribution in [3.8, 4) is 5.75 Å². The van der Waals surface area contributed by atoms with Gasteiger partial charge in [-0.1, -0.05) is 108 Å². The first-order chi connectivity index (χ1) is 30.6. The van der Waals surface area contributed by atoms with Gasteiger partial charge in [-0.2, -0.15) is 0 Å². The summed E-state index contributed by atoms with van der Waals surface area (Å²) in [6, 6.07) is 37.0. The molecule has 7 rings (SSSR count). The molecule has 0 spiro atoms. The van der Waals surface area contributed by atoms with Gasteiger partial charge < -0.3 is 29.7 Å². The zero-order valence-electron chi connectivity index (χ0n) is 36.1. The number of alkyl halides is 1. The van der Waals surface area contributed by atoms with Crippen LogP contribution >= 0.6 is 34.7 Å². The van der Waals surface area contributed by atoms with Crippen molar-refractivity contribution in [2.24, 2.45) is 5.16 Å². The number of nitrogens with one attached hydrogen (secondary N) is 2. The molecule has 16 heteroatoms. The van der Waals surface area contributed by atoms with Gasteiger partial charge in [0.05, 0.1) is 18.9 Å². The van der Waals surface area contributed by atoms with Gasteiger partial charge >= 0.3 is 11.9 Å². The second-order valence-electron chi connectivity index (χ2n) is 16.4. The molecule has 13 nitrogen and oxygen atoms in total. The van der Waals surface area contributed by atoms with Gasteiger partial charge in [-0.05, 0) is 69.0 Å². The van der Waals surface area contributed by atoms with Crippen molar-refractivity contribution in [3.63, 3.8) is 0 Å². The Labute approximate surface area is 385 Å². The van der Waals surface area contributed by atoms with Crippen molar-refractivity contribution in [2.75, 3.05) is 18.3 Å². The number of oxime groups is 1. The molecule has 3 heterocycles. The zero-order chi connectivity index (χ0) is 45.6. The number of carbonyl (C=O) groups is 4. The van der Waals surface area contributed by atoms with Crippen LogP contribution < -0.4 is 15.4 Å². The summed E-state index contributed by atoms with van der Waals surface area (Å²) < 4.78 is 16.5. The standard InChI is InChI=1S/C48H48ClN5O8S2/c1-46(2,3)61-44(58)47(4,5)62-53-39(36-29-63-45(50-36)52-48(31-16-10-7-11-17-31,32-18-12-8-13-19-32)33-20-14-9-15-21-33)41(56)51-42-35(27-49)40(54-37(55)26-38(54)64-42)43(57)60-28-30-22-24-34(59-6)25-23-30/h7-25,29,38,42H,26-28H2,1-6H3,(H,50,52)(H,51,56)/b53-39-/t38-,42?/m1/s1. The highest BCUT2D eigenvalue weighted by atomic mass is 35.5. The molecule has 2 aliphatic rings. The highest BCUT2D eigenvalue weighted by Gasteiger charge is 2.49. The molecule has 2 atom stereocenters. The smallest absolute Gasteiger partial charge is 0.355 e. The molecule has 332 valence electrons. The van der Waals surface area contributed by atoms with Crippen molar-refractivity contribution >= 4 is 69.3 Å². The number of aromatic nitrogens is 1. The molecule has 5 aromatic rings. The summed E-state index contributed by atoms with van der Waals surface area (Å²) in [7, 11) is 1.55. The first-order valence-electron chi connectivity index (χ1n) is 20.4. The van der Waals surface area contributed by atoms with Crippen molar-refractivity contribution in [2.45, 2.75) is 75.1 Å². The number of thioether (sulfide) groups is 1. The first-order valence-corrected chi connectivity index (χ1v) is 22.8. The highest BCUT2D eigenvalue weighted by Crippen LogP contribution is 2.44. The van der Waals surface area contributed by atoms with Crippen LogP contribution in [0, 0.1) is 0 Å². The average Bonchev–Trinajstić information content (AvgIpc) is 3.75. The van der Waals surface area contributed by atoms with E-state index in [1.54, 1.807) is 57.5 Å². The van der Waals surface area contributed by atoms with E-state index in [1.165, 1.54) is 41.8 Å². The maximum absolute atomic E-state index is 14.7. The number of carbonyl (C=O) groups excluding carboxylic acids is 4. The van der Waals surface area contributed by atoms with E-state index in [-0.39, 0.29) is 47.5 Å². The van der Waals surface area contributed by atoms with Crippen molar-refractivity contribution in [1.82, 2.24) is 15.2 Å². The summed E-state index contributed by atoms with van der Waals surface area (Å²) in [5.74, 6) is -2.07. The third-order valence-electron chi connectivity index (χ3n) is 10.3. The molecule has 4 aromatic carbocycles. The van der Waals surface area contributed by atoms with Crippen LogP contribution in [0.2, 0.25) is 0 Å². The number of amides is 2. The maximum Gasteiger partial charge on any atom is 0.355 e. The Morgan fingerprint density at radius 3 is 1.95 bits per heavy atom. The SMILES string of the molecule is COc1ccc(COC(=O)C2=C(CCl)C(NC(=O)/C(=N\OC(C)(C)C(=O)OC(C)(C)C)c3csc(NC(c4ccccc4)(c4ccccc4)c4ccccc4)n3)S[C@@H]3CC(=O)N23)cc1. The number of benzene rings is 4. The van der Waals surface area contributed by atoms with E-state index in [4.69, 9.17) is 35.6 Å². The lowest BCUT2D eigenvalue weighted by molar-refractivity contribution is -0.179. The molecular weight excluding hydrogens is 874 g/mol. The minimum atomic E-state index is -1.63. The van der Waals surface area contributed by atoms with Crippen LogP contribution in [-0.4, -0.2) is 74.3 Å². The van der Waals surface area contributed by atoms with Gasteiger partial charge in [0.1, 0.15) is 40.3 Å². The van der Waals surface area contributed by atoms with Crippen molar-refractivity contribution in [3.05, 3.63) is 160 Å². The van der Waals surface area contributed by atoms with E-state index >= 15 is 0 Å². The van der Waals surface area contributed by atoms with Crippen LogP contribution in [0.25, 0.3) is 0 Å². The van der Waals surface area contributed by atoms with E-state index < -0.39 is 45.3 Å². The second-order valence-corrected chi connectivity index (χ2v) is 18.8. The molecule has 1 saturated heterocycles. The lowest BCUT2D eigenvalue weighted by Gasteiger charge is -2.46. The number of hydrogen-bond acceptors (Lipinski definition) is 13. The summed E-state index contributed by atoms with van der Waals surface area (Å²) in [4.78, 5) is 66.9. The third kappa shape index (κ3) is 9.96. The minimum Gasteiger partial charge on any atom is -0.497 e. The molecule has 64 heavy (non-hydrogen) atoms. The van der Waals surface area contributed by atoms with Crippen molar-refractivity contribution < 1.29 is 38.2 Å². The molecule has 2 N–H and O–H groups in total. The number of fused-ring (bicyclic) bond motifs is 1. The topological polar surface area (TPSA) is 158 Å². The van der Waals surface area contributed by atoms with Crippen LogP contribution in [0.3, 0.4) is 0 Å². The molecule has 1 aromatic heterocycles. The lowest BCUT2D eigenvalue weighted by atomic mass is 9.77. The Hall–Kier alpha value is -6.16. The normalized spacial score (nSPS) is 16.6. The molecule has 0 aliphatic carbocycles. The Bertz CT molecular complexity index is 2450. The van der Waals surface area contributed by atoms with Crippen LogP contribution in [0.1, 0.15) is 69.0 Å². The van der Waals surface area contributed by atoms with E-state index in [1.807, 2.05) is 91.0 Å². The zero-order valence-corrected chi connectivity index (χ0v) is 38.5. The number of halogens is 1. The fourth-order valence-electron chi connectivity index (χ4n) is 7.08. The van der Waals surface area contributed by atoms with Gasteiger partial charge in [-0.3, -0.25) is 14.5 Å². The fraction of sp³-hybridized carbons (Fsp3) is 0.292. The number of rotatable bonds is 16. The predicted molar refractivity (Wildman–Crippen MR) is 248 cm³/mol. The van der Waals surface area contributed by atoms with E-state index in [9.17, 15) is 19.2 Å². The summed E-state index contributed by atoms with van der Waals surface area (Å²) in [5, 5.41) is 11.7. The molecule has 0 bridgehead atoms. The van der Waals surface area contributed by atoms with Crippen LogP contribution in [0.15, 0.2) is 137 Å². The number of nitrogens with zero attached hydrogens (tertiary/aromatic N) is 3. The third-order valence-corrected chi connectivity index (χ3v) is 12.7. The van der Waals surface area contributed by atoms with Gasteiger partial charge in [0.2, 0.25) is 11.5 Å². The predicted octanol–water partition coefficient (Wildman–Crippen LogP) is 8.38. The fourth-order valence-corrected chi connectivity index (χ4v) is 9.63. The number of ether oxygens (including phenoxy) is 3. The van der Waals surface area contributed by atoms with Crippen LogP contribution in [-0.2, 0) is 45.6 Å².